The molecule has 2 aliphatic rings. The highest BCUT2D eigenvalue weighted by molar-refractivity contribution is 4.99. The zero-order valence-electron chi connectivity index (χ0n) is 13.6. The van der Waals surface area contributed by atoms with Crippen LogP contribution in [0, 0.1) is 5.92 Å². The van der Waals surface area contributed by atoms with Gasteiger partial charge in [0.05, 0.1) is 5.69 Å². The number of halogens is 3. The Balaban J connectivity index is 1.55. The molecule has 0 bridgehead atoms. The number of rotatable bonds is 4. The summed E-state index contributed by atoms with van der Waals surface area (Å²) in [6, 6.07) is 2.45. The quantitative estimate of drug-likeness (QED) is 0.848. The van der Waals surface area contributed by atoms with Crippen LogP contribution in [0.25, 0.3) is 0 Å². The molecule has 0 radical (unpaired) electrons. The van der Waals surface area contributed by atoms with Gasteiger partial charge in [0.2, 0.25) is 0 Å². The van der Waals surface area contributed by atoms with E-state index >= 15 is 0 Å². The summed E-state index contributed by atoms with van der Waals surface area (Å²) in [6.45, 7) is 6.00. The normalized spacial score (nSPS) is 25.3. The van der Waals surface area contributed by atoms with Crippen LogP contribution in [-0.2, 0) is 13.1 Å². The van der Waals surface area contributed by atoms with E-state index in [9.17, 15) is 13.2 Å². The molecule has 2 fully saturated rings. The molecule has 1 atom stereocenters. The highest BCUT2D eigenvalue weighted by Crippen LogP contribution is 2.26. The number of hydrogen-bond acceptors (Lipinski definition) is 3. The van der Waals surface area contributed by atoms with Crippen LogP contribution >= 0.6 is 0 Å². The lowest BCUT2D eigenvalue weighted by Gasteiger charge is -2.37. The van der Waals surface area contributed by atoms with Gasteiger partial charge in [-0.05, 0) is 24.8 Å². The lowest BCUT2D eigenvalue weighted by Crippen LogP contribution is -2.43. The van der Waals surface area contributed by atoms with Gasteiger partial charge in [-0.1, -0.05) is 13.3 Å². The summed E-state index contributed by atoms with van der Waals surface area (Å²) >= 11 is 0. The maximum Gasteiger partial charge on any atom is 0.408 e. The fourth-order valence-corrected chi connectivity index (χ4v) is 3.57. The monoisotopic (exact) mass is 330 g/mol. The van der Waals surface area contributed by atoms with Gasteiger partial charge < -0.3 is 0 Å². The molecule has 0 amide bonds. The Kier molecular flexibility index (Phi) is 4.96. The first-order valence-corrected chi connectivity index (χ1v) is 8.44. The summed E-state index contributed by atoms with van der Waals surface area (Å²) in [5, 5.41) is 4.07. The van der Waals surface area contributed by atoms with Gasteiger partial charge in [0.1, 0.15) is 6.54 Å². The molecule has 1 aliphatic heterocycles. The van der Waals surface area contributed by atoms with Gasteiger partial charge in [-0.2, -0.15) is 18.3 Å². The Bertz CT molecular complexity index is 510. The minimum atomic E-state index is -4.22. The fourth-order valence-electron chi connectivity index (χ4n) is 3.57. The highest BCUT2D eigenvalue weighted by Gasteiger charge is 2.30. The van der Waals surface area contributed by atoms with E-state index < -0.39 is 12.7 Å². The number of nitrogens with zero attached hydrogens (tertiary/aromatic N) is 4. The minimum absolute atomic E-state index is 0.579. The summed E-state index contributed by atoms with van der Waals surface area (Å²) in [7, 11) is 0. The molecule has 0 spiro atoms. The van der Waals surface area contributed by atoms with Crippen LogP contribution in [0.1, 0.15) is 31.9 Å². The molecule has 3 rings (SSSR count). The number of alkyl halides is 3. The molecule has 4 nitrogen and oxygen atoms in total. The summed E-state index contributed by atoms with van der Waals surface area (Å²) in [6.07, 6.45) is 1.17. The SMILES string of the molecule is C[C@H]1CN(Cc2ccn(CC(F)(F)F)n2)CCN(C2CCC2)C1. The van der Waals surface area contributed by atoms with Gasteiger partial charge in [-0.3, -0.25) is 14.5 Å². The van der Waals surface area contributed by atoms with Crippen LogP contribution in [-0.4, -0.2) is 58.0 Å². The van der Waals surface area contributed by atoms with Crippen molar-refractivity contribution in [3.63, 3.8) is 0 Å². The van der Waals surface area contributed by atoms with Crippen LogP contribution in [0.4, 0.5) is 13.2 Å². The lowest BCUT2D eigenvalue weighted by atomic mass is 9.91. The maximum absolute atomic E-state index is 12.4. The molecule has 130 valence electrons. The first kappa shape index (κ1) is 16.8. The summed E-state index contributed by atoms with van der Waals surface area (Å²) in [5.41, 5.74) is 0.721. The summed E-state index contributed by atoms with van der Waals surface area (Å²) < 4.78 is 38.2. The van der Waals surface area contributed by atoms with Crippen LogP contribution < -0.4 is 0 Å². The van der Waals surface area contributed by atoms with E-state index in [4.69, 9.17) is 0 Å². The van der Waals surface area contributed by atoms with Crippen molar-refractivity contribution in [3.05, 3.63) is 18.0 Å². The van der Waals surface area contributed by atoms with Crippen LogP contribution in [0.5, 0.6) is 0 Å². The van der Waals surface area contributed by atoms with E-state index in [-0.39, 0.29) is 0 Å². The third kappa shape index (κ3) is 4.70. The van der Waals surface area contributed by atoms with Gasteiger partial charge in [0.25, 0.3) is 0 Å². The predicted molar refractivity (Wildman–Crippen MR) is 81.9 cm³/mol. The van der Waals surface area contributed by atoms with Gasteiger partial charge in [0.15, 0.2) is 0 Å². The molecule has 7 heteroatoms. The third-order valence-electron chi connectivity index (χ3n) is 4.83. The third-order valence-corrected chi connectivity index (χ3v) is 4.83. The van der Waals surface area contributed by atoms with Crippen molar-refractivity contribution in [2.24, 2.45) is 5.92 Å². The predicted octanol–water partition coefficient (Wildman–Crippen LogP) is 2.75. The van der Waals surface area contributed by atoms with Crippen LogP contribution in [0.2, 0.25) is 0 Å². The highest BCUT2D eigenvalue weighted by atomic mass is 19.4. The van der Waals surface area contributed by atoms with E-state index in [0.717, 1.165) is 42.6 Å². The van der Waals surface area contributed by atoms with E-state index in [1.165, 1.54) is 25.5 Å². The second-order valence-electron chi connectivity index (χ2n) is 7.04. The van der Waals surface area contributed by atoms with Gasteiger partial charge in [-0.25, -0.2) is 0 Å². The fraction of sp³-hybridized carbons (Fsp3) is 0.812. The molecule has 2 heterocycles. The Morgan fingerprint density at radius 1 is 1.22 bits per heavy atom. The van der Waals surface area contributed by atoms with Crippen molar-refractivity contribution in [3.8, 4) is 0 Å². The first-order valence-electron chi connectivity index (χ1n) is 8.44. The Labute approximate surface area is 135 Å². The zero-order chi connectivity index (χ0) is 16.4. The Hall–Kier alpha value is -1.08. The molecule has 1 aromatic heterocycles. The minimum Gasteiger partial charge on any atom is -0.299 e. The van der Waals surface area contributed by atoms with Gasteiger partial charge in [-0.15, -0.1) is 0 Å². The molecule has 1 aromatic rings. The average molecular weight is 330 g/mol. The zero-order valence-corrected chi connectivity index (χ0v) is 13.6. The lowest BCUT2D eigenvalue weighted by molar-refractivity contribution is -0.142. The van der Waals surface area contributed by atoms with Crippen molar-refractivity contribution in [2.75, 3.05) is 26.2 Å². The van der Waals surface area contributed by atoms with Crippen molar-refractivity contribution >= 4 is 0 Å². The number of aromatic nitrogens is 2. The van der Waals surface area contributed by atoms with Crippen molar-refractivity contribution in [1.82, 2.24) is 19.6 Å². The van der Waals surface area contributed by atoms with E-state index in [0.29, 0.717) is 12.5 Å². The Morgan fingerprint density at radius 3 is 2.65 bits per heavy atom. The van der Waals surface area contributed by atoms with Crippen LogP contribution in [0.3, 0.4) is 0 Å². The van der Waals surface area contributed by atoms with Gasteiger partial charge >= 0.3 is 6.18 Å². The summed E-state index contributed by atoms with van der Waals surface area (Å²) in [5.74, 6) is 0.579. The van der Waals surface area contributed by atoms with Gasteiger partial charge in [0, 0.05) is 45.0 Å². The van der Waals surface area contributed by atoms with Crippen molar-refractivity contribution in [1.29, 1.82) is 0 Å². The van der Waals surface area contributed by atoms with E-state index in [1.807, 2.05) is 0 Å². The molecule has 0 unspecified atom stereocenters. The van der Waals surface area contributed by atoms with E-state index in [1.54, 1.807) is 6.07 Å². The second-order valence-corrected chi connectivity index (χ2v) is 7.04. The largest absolute Gasteiger partial charge is 0.408 e. The smallest absolute Gasteiger partial charge is 0.299 e. The molecule has 1 aliphatic carbocycles. The molecule has 0 aromatic carbocycles. The van der Waals surface area contributed by atoms with Crippen LogP contribution in [0.15, 0.2) is 12.3 Å². The van der Waals surface area contributed by atoms with Crippen molar-refractivity contribution < 1.29 is 13.2 Å². The second kappa shape index (κ2) is 6.81. The average Bonchev–Trinajstić information content (AvgIpc) is 2.69. The first-order chi connectivity index (χ1) is 10.9. The Morgan fingerprint density at radius 2 is 2.00 bits per heavy atom. The molecule has 23 heavy (non-hydrogen) atoms. The van der Waals surface area contributed by atoms with Crippen molar-refractivity contribution in [2.45, 2.75) is 51.5 Å². The van der Waals surface area contributed by atoms with E-state index in [2.05, 4.69) is 21.8 Å². The molecular formula is C16H25F3N4. The maximum atomic E-state index is 12.4. The molecule has 1 saturated carbocycles. The molecular weight excluding hydrogens is 305 g/mol. The standard InChI is InChI=1S/C16H25F3N4/c1-13-9-21(7-8-22(10-13)15-3-2-4-15)11-14-5-6-23(20-14)12-16(17,18)19/h5-6,13,15H,2-4,7-12H2,1H3/t13-/m0/s1. The molecule has 1 saturated heterocycles. The number of hydrogen-bond donors (Lipinski definition) is 0. The summed E-state index contributed by atoms with van der Waals surface area (Å²) in [4.78, 5) is 4.92. The molecule has 0 N–H and O–H groups in total. The topological polar surface area (TPSA) is 24.3 Å².